The molecule has 0 aromatic carbocycles. The van der Waals surface area contributed by atoms with Crippen LogP contribution in [0.5, 0.6) is 0 Å². The van der Waals surface area contributed by atoms with E-state index in [1.165, 1.54) is 6.39 Å². The number of hydrogen-bond acceptors (Lipinski definition) is 7. The van der Waals surface area contributed by atoms with Gasteiger partial charge in [-0.2, -0.15) is 0 Å². The van der Waals surface area contributed by atoms with Gasteiger partial charge in [-0.15, -0.1) is 0 Å². The Morgan fingerprint density at radius 1 is 1.10 bits per heavy atom. The molecule has 0 spiro atoms. The number of morpholine rings is 1. The number of carbonyl (C=O) groups is 1. The monoisotopic (exact) mass is 406 g/mol. The molecule has 0 radical (unpaired) electrons. The first-order valence-corrected chi connectivity index (χ1v) is 10.8. The van der Waals surface area contributed by atoms with Crippen molar-refractivity contribution in [2.75, 3.05) is 26.3 Å². The second kappa shape index (κ2) is 8.62. The molecule has 156 valence electrons. The molecule has 0 unspecified atom stereocenters. The molecule has 1 aliphatic carbocycles. The molecule has 1 saturated carbocycles. The molecule has 0 amide bonds. The van der Waals surface area contributed by atoms with E-state index in [0.29, 0.717) is 24.0 Å². The van der Waals surface area contributed by atoms with Crippen LogP contribution in [-0.2, 0) is 16.0 Å². The molecule has 7 nitrogen and oxygen atoms in total. The maximum Gasteiger partial charge on any atom is 0.181 e. The Morgan fingerprint density at radius 2 is 1.93 bits per heavy atom. The molecule has 2 fully saturated rings. The first-order valence-electron chi connectivity index (χ1n) is 10.8. The Bertz CT molecular complexity index is 1010. The number of hydrogen-bond donors (Lipinski definition) is 0. The molecule has 7 heteroatoms. The minimum atomic E-state index is 0.147. The summed E-state index contributed by atoms with van der Waals surface area (Å²) in [5.74, 6) is 1.07. The van der Waals surface area contributed by atoms with Crippen LogP contribution in [0.1, 0.15) is 31.4 Å². The van der Waals surface area contributed by atoms with Gasteiger partial charge in [-0.3, -0.25) is 14.7 Å². The van der Waals surface area contributed by atoms with Gasteiger partial charge >= 0.3 is 0 Å². The first-order chi connectivity index (χ1) is 14.8. The van der Waals surface area contributed by atoms with Gasteiger partial charge in [0.2, 0.25) is 0 Å². The molecule has 0 atom stereocenters. The van der Waals surface area contributed by atoms with Crippen molar-refractivity contribution in [3.63, 3.8) is 0 Å². The van der Waals surface area contributed by atoms with E-state index in [1.807, 2.05) is 18.2 Å². The number of oxazole rings is 1. The second-order valence-corrected chi connectivity index (χ2v) is 8.23. The fraction of sp³-hybridized carbons (Fsp3) is 0.478. The fourth-order valence-corrected chi connectivity index (χ4v) is 4.66. The number of ketones is 1. The van der Waals surface area contributed by atoms with Crippen molar-refractivity contribution >= 4 is 16.7 Å². The Morgan fingerprint density at radius 3 is 2.70 bits per heavy atom. The van der Waals surface area contributed by atoms with Gasteiger partial charge in [-0.1, -0.05) is 0 Å². The molecule has 4 heterocycles. The zero-order valence-corrected chi connectivity index (χ0v) is 17.0. The normalized spacial score (nSPS) is 22.9. The van der Waals surface area contributed by atoms with Crippen LogP contribution in [0.4, 0.5) is 0 Å². The highest BCUT2D eigenvalue weighted by atomic mass is 16.5. The summed E-state index contributed by atoms with van der Waals surface area (Å²) < 4.78 is 10.8. The smallest absolute Gasteiger partial charge is 0.181 e. The Hall–Kier alpha value is -2.64. The standard InChI is InChI=1S/C23H26N4O3/c28-22(16-1-4-19(5-2-16)27-7-9-29-10-8-27)12-18-11-21-17(13-25-18)3-6-20(26-21)23-14-24-15-30-23/h3,6,11,13-16,19H,1-2,4-5,7-10,12H2. The van der Waals surface area contributed by atoms with Gasteiger partial charge in [-0.25, -0.2) is 9.97 Å². The molecule has 2 aliphatic rings. The Kier molecular flexibility index (Phi) is 5.55. The minimum absolute atomic E-state index is 0.147. The van der Waals surface area contributed by atoms with Crippen LogP contribution in [0.25, 0.3) is 22.4 Å². The molecule has 0 bridgehead atoms. The number of carbonyl (C=O) groups excluding carboxylic acids is 1. The molecule has 30 heavy (non-hydrogen) atoms. The fourth-order valence-electron chi connectivity index (χ4n) is 4.66. The maximum atomic E-state index is 12.9. The van der Waals surface area contributed by atoms with Crippen molar-refractivity contribution in [2.24, 2.45) is 5.92 Å². The van der Waals surface area contributed by atoms with E-state index in [2.05, 4.69) is 19.9 Å². The van der Waals surface area contributed by atoms with Gasteiger partial charge in [0.1, 0.15) is 11.5 Å². The molecular weight excluding hydrogens is 380 g/mol. The van der Waals surface area contributed by atoms with E-state index in [4.69, 9.17) is 9.15 Å². The third kappa shape index (κ3) is 4.13. The highest BCUT2D eigenvalue weighted by Gasteiger charge is 2.30. The third-order valence-corrected chi connectivity index (χ3v) is 6.38. The molecule has 3 aromatic rings. The quantitative estimate of drug-likeness (QED) is 0.643. The highest BCUT2D eigenvalue weighted by Crippen LogP contribution is 2.29. The lowest BCUT2D eigenvalue weighted by Gasteiger charge is -2.38. The van der Waals surface area contributed by atoms with E-state index in [1.54, 1.807) is 12.4 Å². The largest absolute Gasteiger partial charge is 0.442 e. The highest BCUT2D eigenvalue weighted by molar-refractivity contribution is 5.85. The average Bonchev–Trinajstić information content (AvgIpc) is 3.34. The van der Waals surface area contributed by atoms with Crippen LogP contribution in [0, 0.1) is 5.92 Å². The summed E-state index contributed by atoms with van der Waals surface area (Å²) >= 11 is 0. The maximum absolute atomic E-state index is 12.9. The predicted molar refractivity (Wildman–Crippen MR) is 112 cm³/mol. The van der Waals surface area contributed by atoms with Crippen molar-refractivity contribution in [1.82, 2.24) is 19.9 Å². The number of pyridine rings is 2. The van der Waals surface area contributed by atoms with E-state index >= 15 is 0 Å². The van der Waals surface area contributed by atoms with E-state index in [9.17, 15) is 4.79 Å². The lowest BCUT2D eigenvalue weighted by Crippen LogP contribution is -2.45. The summed E-state index contributed by atoms with van der Waals surface area (Å²) in [6.07, 6.45) is 9.36. The van der Waals surface area contributed by atoms with E-state index < -0.39 is 0 Å². The van der Waals surface area contributed by atoms with Crippen LogP contribution < -0.4 is 0 Å². The van der Waals surface area contributed by atoms with Crippen molar-refractivity contribution < 1.29 is 13.9 Å². The van der Waals surface area contributed by atoms with Crippen LogP contribution in [0.15, 0.2) is 41.4 Å². The van der Waals surface area contributed by atoms with Gasteiger partial charge in [0.25, 0.3) is 0 Å². The first kappa shape index (κ1) is 19.3. The van der Waals surface area contributed by atoms with E-state index in [-0.39, 0.29) is 5.92 Å². The van der Waals surface area contributed by atoms with Gasteiger partial charge in [0.05, 0.1) is 24.9 Å². The minimum Gasteiger partial charge on any atom is -0.442 e. The predicted octanol–water partition coefficient (Wildman–Crippen LogP) is 3.29. The average molecular weight is 406 g/mol. The van der Waals surface area contributed by atoms with Crippen LogP contribution in [-0.4, -0.2) is 58.0 Å². The molecule has 0 N–H and O–H groups in total. The van der Waals surface area contributed by atoms with Crippen molar-refractivity contribution in [3.05, 3.63) is 42.7 Å². The van der Waals surface area contributed by atoms with Gasteiger partial charge in [0, 0.05) is 48.7 Å². The number of rotatable bonds is 5. The Balaban J connectivity index is 1.23. The summed E-state index contributed by atoms with van der Waals surface area (Å²) in [5.41, 5.74) is 2.33. The Labute approximate surface area is 175 Å². The number of Topliss-reactive ketones (excluding diaryl/α,β-unsaturated/α-hetero) is 1. The molecule has 1 saturated heterocycles. The zero-order chi connectivity index (χ0) is 20.3. The van der Waals surface area contributed by atoms with Crippen LogP contribution in [0.3, 0.4) is 0 Å². The summed E-state index contributed by atoms with van der Waals surface area (Å²) in [6, 6.07) is 6.39. The van der Waals surface area contributed by atoms with Gasteiger partial charge < -0.3 is 9.15 Å². The molecular formula is C23H26N4O3. The third-order valence-electron chi connectivity index (χ3n) is 6.38. The van der Waals surface area contributed by atoms with Gasteiger partial charge in [-0.05, 0) is 43.9 Å². The van der Waals surface area contributed by atoms with Crippen molar-refractivity contribution in [2.45, 2.75) is 38.1 Å². The lowest BCUT2D eigenvalue weighted by atomic mass is 9.81. The summed E-state index contributed by atoms with van der Waals surface area (Å²) in [5, 5.41) is 0.945. The van der Waals surface area contributed by atoms with Crippen molar-refractivity contribution in [1.29, 1.82) is 0 Å². The topological polar surface area (TPSA) is 81.3 Å². The molecule has 1 aliphatic heterocycles. The second-order valence-electron chi connectivity index (χ2n) is 8.23. The summed E-state index contributed by atoms with van der Waals surface area (Å²) in [7, 11) is 0. The zero-order valence-electron chi connectivity index (χ0n) is 17.0. The van der Waals surface area contributed by atoms with Crippen molar-refractivity contribution in [3.8, 4) is 11.5 Å². The lowest BCUT2D eigenvalue weighted by molar-refractivity contribution is -0.123. The number of nitrogens with zero attached hydrogens (tertiary/aromatic N) is 4. The van der Waals surface area contributed by atoms with Crippen LogP contribution >= 0.6 is 0 Å². The summed E-state index contributed by atoms with van der Waals surface area (Å²) in [4.78, 5) is 28.6. The molecule has 5 rings (SSSR count). The SMILES string of the molecule is O=C(Cc1cc2nc(-c3cnco3)ccc2cn1)C1CCC(N2CCOCC2)CC1. The van der Waals surface area contributed by atoms with E-state index in [0.717, 1.165) is 74.3 Å². The number of aromatic nitrogens is 3. The van der Waals surface area contributed by atoms with Crippen LogP contribution in [0.2, 0.25) is 0 Å². The number of ether oxygens (including phenoxy) is 1. The summed E-state index contributed by atoms with van der Waals surface area (Å²) in [6.45, 7) is 3.71. The number of fused-ring (bicyclic) bond motifs is 1. The van der Waals surface area contributed by atoms with Gasteiger partial charge in [0.15, 0.2) is 12.2 Å². The molecule has 3 aromatic heterocycles.